The summed E-state index contributed by atoms with van der Waals surface area (Å²) in [5.41, 5.74) is 1.95. The molecule has 0 N–H and O–H groups in total. The lowest BCUT2D eigenvalue weighted by molar-refractivity contribution is 0.242. The van der Waals surface area contributed by atoms with Crippen molar-refractivity contribution in [2.24, 2.45) is 5.41 Å². The lowest BCUT2D eigenvalue weighted by Gasteiger charge is -2.37. The highest BCUT2D eigenvalue weighted by Crippen LogP contribution is 2.69. The third-order valence-electron chi connectivity index (χ3n) is 8.47. The van der Waals surface area contributed by atoms with E-state index >= 15 is 0 Å². The van der Waals surface area contributed by atoms with Crippen molar-refractivity contribution in [1.82, 2.24) is 25.1 Å². The van der Waals surface area contributed by atoms with Crippen molar-refractivity contribution >= 4 is 9.84 Å². The van der Waals surface area contributed by atoms with Gasteiger partial charge < -0.3 is 4.42 Å². The van der Waals surface area contributed by atoms with Gasteiger partial charge in [-0.25, -0.2) is 27.2 Å². The molecule has 1 aromatic carbocycles. The molecule has 4 aromatic rings. The summed E-state index contributed by atoms with van der Waals surface area (Å²) in [6.07, 6.45) is 7.27. The highest BCUT2D eigenvalue weighted by molar-refractivity contribution is 7.90. The summed E-state index contributed by atoms with van der Waals surface area (Å²) in [5, 5.41) is 7.98. The third-order valence-corrected chi connectivity index (χ3v) is 10.00. The first-order valence-corrected chi connectivity index (χ1v) is 14.2. The molecule has 1 fully saturated rings. The van der Waals surface area contributed by atoms with Crippen LogP contribution in [-0.2, 0) is 15.3 Å². The second kappa shape index (κ2) is 8.20. The number of benzene rings is 1. The first kappa shape index (κ1) is 24.7. The Kier molecular flexibility index (Phi) is 5.33. The number of nitrogens with zero attached hydrogens (tertiary/aromatic N) is 5. The first-order valence-electron chi connectivity index (χ1n) is 12.2. The van der Waals surface area contributed by atoms with Crippen molar-refractivity contribution in [3.8, 4) is 22.8 Å². The van der Waals surface area contributed by atoms with Crippen molar-refractivity contribution < 1.29 is 21.6 Å². The molecule has 0 spiro atoms. The number of sulfone groups is 1. The molecule has 0 saturated heterocycles. The number of halogens is 2. The normalized spacial score (nSPS) is 22.4. The average molecular weight is 538 g/mol. The maximum absolute atomic E-state index is 14.5. The molecule has 38 heavy (non-hydrogen) atoms. The highest BCUT2D eigenvalue weighted by Gasteiger charge is 2.65. The molecule has 0 aliphatic heterocycles. The second-order valence-corrected chi connectivity index (χ2v) is 13.1. The number of aromatic nitrogens is 5. The van der Waals surface area contributed by atoms with E-state index in [1.807, 2.05) is 0 Å². The SMILES string of the molecule is C[C@@H](c1coc(-c2cncc([C@@]34CC[C@@H](c5cc(-c6c(F)cccc6F)nnc53)C4(C)C)n2)n1)S(C)(=O)=O. The van der Waals surface area contributed by atoms with E-state index in [1.165, 1.54) is 30.7 Å². The van der Waals surface area contributed by atoms with E-state index in [-0.39, 0.29) is 28.5 Å². The topological polar surface area (TPSA) is 112 Å². The van der Waals surface area contributed by atoms with Crippen LogP contribution < -0.4 is 0 Å². The molecular formula is C27H25F2N5O3S. The molecule has 2 aliphatic rings. The van der Waals surface area contributed by atoms with Gasteiger partial charge in [0, 0.05) is 12.5 Å². The van der Waals surface area contributed by atoms with Crippen LogP contribution in [0.1, 0.15) is 67.4 Å². The van der Waals surface area contributed by atoms with E-state index in [1.54, 1.807) is 19.2 Å². The zero-order valence-corrected chi connectivity index (χ0v) is 22.1. The lowest BCUT2D eigenvalue weighted by Crippen LogP contribution is -2.38. The molecule has 3 heterocycles. The van der Waals surface area contributed by atoms with Gasteiger partial charge in [-0.1, -0.05) is 19.9 Å². The standard InChI is InChI=1S/C27H25F2N5O3S/c1-14(38(4,35)36)21-13-37-25(32-21)20-11-30-12-22(31-20)27-9-8-16(26(27,2)3)15-10-19(33-34-24(15)27)23-17(28)6-5-7-18(23)29/h5-7,10-14,16H,8-9H2,1-4H3/t14-,16-,27-/m0/s1. The van der Waals surface area contributed by atoms with E-state index in [0.717, 1.165) is 30.4 Å². The molecule has 3 atom stereocenters. The maximum Gasteiger partial charge on any atom is 0.246 e. The summed E-state index contributed by atoms with van der Waals surface area (Å²) in [6, 6.07) is 5.48. The van der Waals surface area contributed by atoms with Crippen molar-refractivity contribution in [3.63, 3.8) is 0 Å². The zero-order chi connectivity index (χ0) is 27.0. The van der Waals surface area contributed by atoms with Crippen LogP contribution >= 0.6 is 0 Å². The van der Waals surface area contributed by atoms with Crippen molar-refractivity contribution in [1.29, 1.82) is 0 Å². The van der Waals surface area contributed by atoms with E-state index in [4.69, 9.17) is 9.40 Å². The van der Waals surface area contributed by atoms with Gasteiger partial charge >= 0.3 is 0 Å². The number of hydrogen-bond acceptors (Lipinski definition) is 8. The van der Waals surface area contributed by atoms with Crippen molar-refractivity contribution in [3.05, 3.63) is 77.2 Å². The predicted octanol–water partition coefficient (Wildman–Crippen LogP) is 5.18. The Hall–Kier alpha value is -3.60. The van der Waals surface area contributed by atoms with E-state index < -0.39 is 32.1 Å². The molecule has 2 aliphatic carbocycles. The van der Waals surface area contributed by atoms with Crippen LogP contribution in [0, 0.1) is 17.0 Å². The van der Waals surface area contributed by atoms with Gasteiger partial charge in [0.05, 0.1) is 40.0 Å². The van der Waals surface area contributed by atoms with Crippen LogP contribution in [0.5, 0.6) is 0 Å². The summed E-state index contributed by atoms with van der Waals surface area (Å²) >= 11 is 0. The Morgan fingerprint density at radius 1 is 1.08 bits per heavy atom. The average Bonchev–Trinajstić information content (AvgIpc) is 3.51. The van der Waals surface area contributed by atoms with E-state index in [2.05, 4.69) is 34.0 Å². The molecule has 196 valence electrons. The Morgan fingerprint density at radius 2 is 1.82 bits per heavy atom. The molecule has 2 bridgehead atoms. The largest absolute Gasteiger partial charge is 0.443 e. The lowest BCUT2D eigenvalue weighted by atomic mass is 9.66. The van der Waals surface area contributed by atoms with Crippen LogP contribution in [0.15, 0.2) is 47.3 Å². The van der Waals surface area contributed by atoms with Gasteiger partial charge in [-0.15, -0.1) is 5.10 Å². The van der Waals surface area contributed by atoms with Gasteiger partial charge in [-0.05, 0) is 54.9 Å². The minimum Gasteiger partial charge on any atom is -0.443 e. The molecule has 8 nitrogen and oxygen atoms in total. The van der Waals surface area contributed by atoms with Crippen molar-refractivity contribution in [2.75, 3.05) is 6.26 Å². The smallest absolute Gasteiger partial charge is 0.246 e. The Labute approximate surface area is 218 Å². The van der Waals surface area contributed by atoms with Crippen molar-refractivity contribution in [2.45, 2.75) is 50.2 Å². The quantitative estimate of drug-likeness (QED) is 0.343. The number of fused-ring (bicyclic) bond motifs is 5. The minimum absolute atomic E-state index is 0.0796. The van der Waals surface area contributed by atoms with E-state index in [0.29, 0.717) is 17.1 Å². The van der Waals surface area contributed by atoms with Gasteiger partial charge in [-0.3, -0.25) is 4.98 Å². The molecule has 0 radical (unpaired) electrons. The molecule has 11 heteroatoms. The maximum atomic E-state index is 14.5. The Balaban J connectivity index is 1.45. The van der Waals surface area contributed by atoms with Gasteiger partial charge in [-0.2, -0.15) is 5.10 Å². The van der Waals surface area contributed by atoms with Gasteiger partial charge in [0.15, 0.2) is 9.84 Å². The van der Waals surface area contributed by atoms with Crippen LogP contribution in [0.25, 0.3) is 22.8 Å². The minimum atomic E-state index is -3.35. The second-order valence-electron chi connectivity index (χ2n) is 10.7. The number of rotatable bonds is 5. The molecule has 6 rings (SSSR count). The summed E-state index contributed by atoms with van der Waals surface area (Å²) in [5.74, 6) is -1.13. The molecule has 3 aromatic heterocycles. The summed E-state index contributed by atoms with van der Waals surface area (Å²) in [7, 11) is -3.35. The van der Waals surface area contributed by atoms with Crippen LogP contribution in [-0.4, -0.2) is 39.8 Å². The predicted molar refractivity (Wildman–Crippen MR) is 135 cm³/mol. The summed E-state index contributed by atoms with van der Waals surface area (Å²) < 4.78 is 58.6. The fourth-order valence-corrected chi connectivity index (χ4v) is 6.79. The molecule has 0 unspecified atom stereocenters. The first-order chi connectivity index (χ1) is 17.9. The van der Waals surface area contributed by atoms with E-state index in [9.17, 15) is 17.2 Å². The fraction of sp³-hybridized carbons (Fsp3) is 0.370. The third kappa shape index (κ3) is 3.37. The van der Waals surface area contributed by atoms with Gasteiger partial charge in [0.1, 0.15) is 28.8 Å². The highest BCUT2D eigenvalue weighted by atomic mass is 32.2. The van der Waals surface area contributed by atoms with Crippen LogP contribution in [0.4, 0.5) is 8.78 Å². The van der Waals surface area contributed by atoms with Gasteiger partial charge in [0.2, 0.25) is 5.89 Å². The Morgan fingerprint density at radius 3 is 2.53 bits per heavy atom. The molecule has 0 amide bonds. The Bertz CT molecular complexity index is 1680. The summed E-state index contributed by atoms with van der Waals surface area (Å²) in [4.78, 5) is 13.7. The number of oxazole rings is 1. The molecular weight excluding hydrogens is 512 g/mol. The van der Waals surface area contributed by atoms with Crippen LogP contribution in [0.2, 0.25) is 0 Å². The molecule has 1 saturated carbocycles. The van der Waals surface area contributed by atoms with Gasteiger partial charge in [0.25, 0.3) is 0 Å². The summed E-state index contributed by atoms with van der Waals surface area (Å²) in [6.45, 7) is 5.83. The fourth-order valence-electron chi connectivity index (χ4n) is 6.24. The number of hydrogen-bond donors (Lipinski definition) is 0. The zero-order valence-electron chi connectivity index (χ0n) is 21.2. The van der Waals surface area contributed by atoms with Crippen LogP contribution in [0.3, 0.4) is 0 Å². The monoisotopic (exact) mass is 537 g/mol.